The maximum atomic E-state index is 11.5. The van der Waals surface area contributed by atoms with Crippen molar-refractivity contribution in [2.45, 2.75) is 6.54 Å². The van der Waals surface area contributed by atoms with Gasteiger partial charge in [-0.05, 0) is 36.4 Å². The summed E-state index contributed by atoms with van der Waals surface area (Å²) in [5, 5.41) is 6.37. The molecule has 2 N–H and O–H groups in total. The van der Waals surface area contributed by atoms with Crippen molar-refractivity contribution in [2.24, 2.45) is 0 Å². The summed E-state index contributed by atoms with van der Waals surface area (Å²) in [5.74, 6) is 1.58. The number of carbonyl (C=O) groups is 1. The fraction of sp³-hybridized carbons (Fsp3) is 0.150. The molecule has 2 aromatic carbocycles. The Morgan fingerprint density at radius 3 is 2.56 bits per heavy atom. The Bertz CT molecular complexity index is 913. The highest BCUT2D eigenvalue weighted by Crippen LogP contribution is 2.19. The lowest BCUT2D eigenvalue weighted by atomic mass is 10.2. The number of anilines is 3. The summed E-state index contributed by atoms with van der Waals surface area (Å²) in [6, 6.07) is 16.5. The maximum absolute atomic E-state index is 11.5. The molecule has 0 saturated carbocycles. The van der Waals surface area contributed by atoms with Crippen LogP contribution in [0.2, 0.25) is 0 Å². The van der Waals surface area contributed by atoms with Gasteiger partial charge in [-0.15, -0.1) is 0 Å². The third-order valence-electron chi connectivity index (χ3n) is 3.86. The molecule has 0 bridgehead atoms. The summed E-state index contributed by atoms with van der Waals surface area (Å²) in [4.78, 5) is 20.2. The zero-order chi connectivity index (χ0) is 19.1. The second-order valence-electron chi connectivity index (χ2n) is 5.62. The molecule has 0 radical (unpaired) electrons. The second kappa shape index (κ2) is 8.66. The van der Waals surface area contributed by atoms with Crippen LogP contribution in [0.25, 0.3) is 0 Å². The Labute approximate surface area is 157 Å². The Morgan fingerprint density at radius 2 is 1.81 bits per heavy atom. The van der Waals surface area contributed by atoms with Gasteiger partial charge in [-0.25, -0.2) is 9.78 Å². The normalized spacial score (nSPS) is 10.1. The number of rotatable bonds is 7. The van der Waals surface area contributed by atoms with Crippen LogP contribution in [0.15, 0.2) is 60.8 Å². The van der Waals surface area contributed by atoms with E-state index in [1.165, 1.54) is 7.11 Å². The number of methoxy groups -OCH3 is 2. The molecule has 0 fully saturated rings. The number of ether oxygens (including phenoxy) is 2. The van der Waals surface area contributed by atoms with Crippen LogP contribution in [-0.2, 0) is 11.3 Å². The molecule has 0 saturated heterocycles. The molecule has 0 unspecified atom stereocenters. The molecule has 3 aromatic rings. The average molecular weight is 364 g/mol. The van der Waals surface area contributed by atoms with Crippen LogP contribution in [0.5, 0.6) is 5.75 Å². The summed E-state index contributed by atoms with van der Waals surface area (Å²) in [6.07, 6.45) is 1.67. The number of carbonyl (C=O) groups excluding carboxylic acids is 1. The summed E-state index contributed by atoms with van der Waals surface area (Å²) >= 11 is 0. The predicted molar refractivity (Wildman–Crippen MR) is 103 cm³/mol. The molecular formula is C20H20N4O3. The minimum absolute atomic E-state index is 0.369. The van der Waals surface area contributed by atoms with Gasteiger partial charge in [0, 0.05) is 24.0 Å². The molecule has 7 nitrogen and oxygen atoms in total. The van der Waals surface area contributed by atoms with E-state index in [4.69, 9.17) is 9.47 Å². The zero-order valence-electron chi connectivity index (χ0n) is 15.1. The van der Waals surface area contributed by atoms with Crippen LogP contribution in [-0.4, -0.2) is 30.2 Å². The predicted octanol–water partition coefficient (Wildman–Crippen LogP) is 3.63. The number of para-hydroxylation sites is 1. The molecule has 0 amide bonds. The number of aromatic nitrogens is 2. The zero-order valence-corrected chi connectivity index (χ0v) is 15.1. The monoisotopic (exact) mass is 364 g/mol. The first kappa shape index (κ1) is 18.2. The van der Waals surface area contributed by atoms with E-state index in [0.717, 1.165) is 17.0 Å². The van der Waals surface area contributed by atoms with Gasteiger partial charge in [0.15, 0.2) is 0 Å². The van der Waals surface area contributed by atoms with Crippen molar-refractivity contribution in [1.82, 2.24) is 9.97 Å². The summed E-state index contributed by atoms with van der Waals surface area (Å²) < 4.78 is 10.0. The van der Waals surface area contributed by atoms with Crippen LogP contribution >= 0.6 is 0 Å². The second-order valence-corrected chi connectivity index (χ2v) is 5.62. The van der Waals surface area contributed by atoms with Crippen LogP contribution in [0, 0.1) is 0 Å². The van der Waals surface area contributed by atoms with E-state index in [1.54, 1.807) is 43.6 Å². The molecule has 0 aliphatic carbocycles. The van der Waals surface area contributed by atoms with Crippen molar-refractivity contribution in [3.05, 3.63) is 71.9 Å². The van der Waals surface area contributed by atoms with Crippen LogP contribution in [0.3, 0.4) is 0 Å². The SMILES string of the molecule is COC(=O)c1ccc(Nc2ccnc(NCc3ccccc3OC)n2)cc1. The van der Waals surface area contributed by atoms with Crippen LogP contribution in [0.4, 0.5) is 17.5 Å². The van der Waals surface area contributed by atoms with Gasteiger partial charge in [-0.1, -0.05) is 18.2 Å². The Hall–Kier alpha value is -3.61. The van der Waals surface area contributed by atoms with Crippen molar-refractivity contribution in [3.63, 3.8) is 0 Å². The largest absolute Gasteiger partial charge is 0.496 e. The molecule has 3 rings (SSSR count). The molecule has 1 aromatic heterocycles. The van der Waals surface area contributed by atoms with Gasteiger partial charge in [0.1, 0.15) is 11.6 Å². The average Bonchev–Trinajstić information content (AvgIpc) is 2.72. The first-order valence-corrected chi connectivity index (χ1v) is 8.34. The Morgan fingerprint density at radius 1 is 1.04 bits per heavy atom. The van der Waals surface area contributed by atoms with Crippen molar-refractivity contribution in [3.8, 4) is 5.75 Å². The molecule has 0 atom stereocenters. The number of hydrogen-bond donors (Lipinski definition) is 2. The molecule has 27 heavy (non-hydrogen) atoms. The lowest BCUT2D eigenvalue weighted by Crippen LogP contribution is -2.06. The quantitative estimate of drug-likeness (QED) is 0.619. The topological polar surface area (TPSA) is 85.4 Å². The van der Waals surface area contributed by atoms with Gasteiger partial charge in [0.25, 0.3) is 0 Å². The summed E-state index contributed by atoms with van der Waals surface area (Å²) in [5.41, 5.74) is 2.31. The fourth-order valence-electron chi connectivity index (χ4n) is 2.49. The molecule has 0 aliphatic heterocycles. The lowest BCUT2D eigenvalue weighted by Gasteiger charge is -2.11. The highest BCUT2D eigenvalue weighted by molar-refractivity contribution is 5.89. The molecule has 138 valence electrons. The number of benzene rings is 2. The molecule has 0 spiro atoms. The van der Waals surface area contributed by atoms with E-state index < -0.39 is 0 Å². The highest BCUT2D eigenvalue weighted by Gasteiger charge is 2.06. The number of nitrogens with zero attached hydrogens (tertiary/aromatic N) is 2. The van der Waals surface area contributed by atoms with Crippen molar-refractivity contribution in [1.29, 1.82) is 0 Å². The van der Waals surface area contributed by atoms with Crippen LogP contribution < -0.4 is 15.4 Å². The van der Waals surface area contributed by atoms with Gasteiger partial charge < -0.3 is 20.1 Å². The van der Waals surface area contributed by atoms with E-state index >= 15 is 0 Å². The lowest BCUT2D eigenvalue weighted by molar-refractivity contribution is 0.0601. The van der Waals surface area contributed by atoms with Crippen molar-refractivity contribution < 1.29 is 14.3 Å². The molecular weight excluding hydrogens is 344 g/mol. The van der Waals surface area contributed by atoms with E-state index in [2.05, 4.69) is 20.6 Å². The highest BCUT2D eigenvalue weighted by atomic mass is 16.5. The molecule has 1 heterocycles. The van der Waals surface area contributed by atoms with Crippen molar-refractivity contribution >= 4 is 23.4 Å². The van der Waals surface area contributed by atoms with Gasteiger partial charge in [-0.2, -0.15) is 4.98 Å². The van der Waals surface area contributed by atoms with Crippen LogP contribution in [0.1, 0.15) is 15.9 Å². The standard InChI is InChI=1S/C20H20N4O3/c1-26-17-6-4-3-5-15(17)13-22-20-21-12-11-18(24-20)23-16-9-7-14(8-10-16)19(25)27-2/h3-12H,13H2,1-2H3,(H2,21,22,23,24). The van der Waals surface area contributed by atoms with Gasteiger partial charge >= 0.3 is 5.97 Å². The van der Waals surface area contributed by atoms with E-state index in [1.807, 2.05) is 24.3 Å². The minimum atomic E-state index is -0.369. The third kappa shape index (κ3) is 4.72. The van der Waals surface area contributed by atoms with Crippen molar-refractivity contribution in [2.75, 3.05) is 24.9 Å². The summed E-state index contributed by atoms with van der Waals surface area (Å²) in [6.45, 7) is 0.543. The Kier molecular flexibility index (Phi) is 5.84. The van der Waals surface area contributed by atoms with E-state index in [-0.39, 0.29) is 5.97 Å². The first-order chi connectivity index (χ1) is 13.2. The van der Waals surface area contributed by atoms with E-state index in [9.17, 15) is 4.79 Å². The number of nitrogens with one attached hydrogen (secondary N) is 2. The van der Waals surface area contributed by atoms with E-state index in [0.29, 0.717) is 23.9 Å². The summed E-state index contributed by atoms with van der Waals surface area (Å²) in [7, 11) is 3.00. The maximum Gasteiger partial charge on any atom is 0.337 e. The number of hydrogen-bond acceptors (Lipinski definition) is 7. The first-order valence-electron chi connectivity index (χ1n) is 8.34. The number of esters is 1. The van der Waals surface area contributed by atoms with Gasteiger partial charge in [-0.3, -0.25) is 0 Å². The molecule has 7 heteroatoms. The molecule has 0 aliphatic rings. The third-order valence-corrected chi connectivity index (χ3v) is 3.86. The van der Waals surface area contributed by atoms with Gasteiger partial charge in [0.2, 0.25) is 5.95 Å². The van der Waals surface area contributed by atoms with Gasteiger partial charge in [0.05, 0.1) is 19.8 Å². The Balaban J connectivity index is 1.66. The fourth-order valence-corrected chi connectivity index (χ4v) is 2.49. The minimum Gasteiger partial charge on any atom is -0.496 e. The smallest absolute Gasteiger partial charge is 0.337 e.